The number of sulfonamides is 1. The smallest absolute Gasteiger partial charge is 0.493 e. The van der Waals surface area contributed by atoms with Crippen LogP contribution in [0.2, 0.25) is 0 Å². The molecule has 1 unspecified atom stereocenters. The van der Waals surface area contributed by atoms with Gasteiger partial charge in [0.2, 0.25) is 15.9 Å². The van der Waals surface area contributed by atoms with Crippen LogP contribution in [-0.4, -0.2) is 91.2 Å². The normalized spacial score (nSPS) is 20.5. The van der Waals surface area contributed by atoms with Crippen molar-refractivity contribution in [2.75, 3.05) is 39.3 Å². The van der Waals surface area contributed by atoms with Gasteiger partial charge in [-0.25, -0.2) is 8.42 Å². The van der Waals surface area contributed by atoms with Crippen LogP contribution in [-0.2, 0) is 21.4 Å². The molecule has 1 atom stereocenters. The molecule has 1 amide bonds. The Hall–Kier alpha value is -3.72. The molecule has 6 rings (SSSR count). The molecule has 3 fully saturated rings. The number of likely N-dealkylation sites (tertiary alicyclic amines) is 1. The first kappa shape index (κ1) is 36.1. The van der Waals surface area contributed by atoms with Crippen molar-refractivity contribution in [2.45, 2.75) is 74.8 Å². The maximum atomic E-state index is 14.1. The Morgan fingerprint density at radius 2 is 1.54 bits per heavy atom. The van der Waals surface area contributed by atoms with Gasteiger partial charge in [0.25, 0.3) is 0 Å². The number of ether oxygens (including phenoxy) is 2. The van der Waals surface area contributed by atoms with Crippen molar-refractivity contribution >= 4 is 15.9 Å². The number of hydrogen-bond acceptors (Lipinski definition) is 8. The van der Waals surface area contributed by atoms with Crippen LogP contribution in [0.4, 0.5) is 13.2 Å². The van der Waals surface area contributed by atoms with E-state index in [-0.39, 0.29) is 29.9 Å². The van der Waals surface area contributed by atoms with Crippen LogP contribution in [0.5, 0.6) is 11.5 Å². The van der Waals surface area contributed by atoms with Crippen molar-refractivity contribution in [2.24, 2.45) is 11.7 Å². The van der Waals surface area contributed by atoms with Gasteiger partial charge in [-0.3, -0.25) is 14.7 Å². The molecule has 50 heavy (non-hydrogen) atoms. The van der Waals surface area contributed by atoms with E-state index < -0.39 is 28.2 Å². The largest absolute Gasteiger partial charge is 0.573 e. The van der Waals surface area contributed by atoms with Gasteiger partial charge in [-0.05, 0) is 73.6 Å². The summed E-state index contributed by atoms with van der Waals surface area (Å²) in [6.45, 7) is 2.83. The monoisotopic (exact) mass is 715 g/mol. The van der Waals surface area contributed by atoms with Crippen LogP contribution >= 0.6 is 0 Å². The van der Waals surface area contributed by atoms with E-state index in [4.69, 9.17) is 10.5 Å². The minimum absolute atomic E-state index is 0.0184. The van der Waals surface area contributed by atoms with Crippen molar-refractivity contribution in [1.82, 2.24) is 19.1 Å². The van der Waals surface area contributed by atoms with Crippen LogP contribution in [0, 0.1) is 5.92 Å². The zero-order valence-corrected chi connectivity index (χ0v) is 28.7. The van der Waals surface area contributed by atoms with Gasteiger partial charge in [0.15, 0.2) is 0 Å². The summed E-state index contributed by atoms with van der Waals surface area (Å²) in [6.07, 6.45) is 3.58. The third kappa shape index (κ3) is 9.14. The van der Waals surface area contributed by atoms with Crippen LogP contribution in [0.15, 0.2) is 71.8 Å². The molecule has 3 aromatic rings. The molecule has 0 spiro atoms. The van der Waals surface area contributed by atoms with Gasteiger partial charge in [-0.1, -0.05) is 43.5 Å². The summed E-state index contributed by atoms with van der Waals surface area (Å²) in [6, 6.07) is 15.7. The third-order valence-electron chi connectivity index (χ3n) is 9.82. The molecule has 270 valence electrons. The number of aromatic nitrogens is 1. The Balaban J connectivity index is 1.14. The van der Waals surface area contributed by atoms with Crippen molar-refractivity contribution in [3.8, 4) is 22.8 Å². The van der Waals surface area contributed by atoms with E-state index in [0.717, 1.165) is 24.6 Å². The topological polar surface area (TPSA) is 118 Å². The van der Waals surface area contributed by atoms with Gasteiger partial charge >= 0.3 is 6.36 Å². The number of carbonyl (C=O) groups is 1. The van der Waals surface area contributed by atoms with Gasteiger partial charge in [0.05, 0.1) is 23.4 Å². The number of nitrogens with two attached hydrogens (primary N) is 1. The number of rotatable bonds is 10. The summed E-state index contributed by atoms with van der Waals surface area (Å²) >= 11 is 0. The molecule has 2 aliphatic heterocycles. The van der Waals surface area contributed by atoms with Crippen LogP contribution < -0.4 is 15.2 Å². The number of alkyl halides is 3. The number of hydrogen-bond donors (Lipinski definition) is 1. The zero-order valence-electron chi connectivity index (χ0n) is 27.9. The van der Waals surface area contributed by atoms with E-state index in [9.17, 15) is 26.4 Å². The van der Waals surface area contributed by atoms with Crippen LogP contribution in [0.3, 0.4) is 0 Å². The lowest BCUT2D eigenvalue weighted by Gasteiger charge is -2.42. The number of halogens is 3. The SMILES string of the molecule is NC1CCN(C(=O)C2CN(Cc3ccc(-c4ccc(OC(F)(F)F)cn4)cc3)CCN2S(=O)(=O)c2ccc(OCC3CCCCC3)cc2)CC1. The molecule has 0 radical (unpaired) electrons. The molecule has 1 aromatic heterocycles. The number of carbonyl (C=O) groups excluding carboxylic acids is 1. The predicted octanol–water partition coefficient (Wildman–Crippen LogP) is 5.43. The Morgan fingerprint density at radius 3 is 2.18 bits per heavy atom. The van der Waals surface area contributed by atoms with E-state index in [2.05, 4.69) is 14.6 Å². The number of piperazine rings is 1. The average Bonchev–Trinajstić information content (AvgIpc) is 3.11. The van der Waals surface area contributed by atoms with Gasteiger partial charge in [0.1, 0.15) is 17.5 Å². The lowest BCUT2D eigenvalue weighted by molar-refractivity contribution is -0.274. The Bertz CT molecular complexity index is 1680. The average molecular weight is 716 g/mol. The zero-order chi connectivity index (χ0) is 35.3. The molecule has 10 nitrogen and oxygen atoms in total. The molecular weight excluding hydrogens is 671 g/mol. The number of benzene rings is 2. The highest BCUT2D eigenvalue weighted by Gasteiger charge is 2.42. The highest BCUT2D eigenvalue weighted by atomic mass is 32.2. The Kier molecular flexibility index (Phi) is 11.3. The second-order valence-corrected chi connectivity index (χ2v) is 15.3. The van der Waals surface area contributed by atoms with E-state index in [1.807, 2.05) is 24.3 Å². The molecule has 2 aromatic carbocycles. The van der Waals surface area contributed by atoms with Crippen molar-refractivity contribution in [3.63, 3.8) is 0 Å². The third-order valence-corrected chi connectivity index (χ3v) is 11.7. The van der Waals surface area contributed by atoms with Gasteiger partial charge in [-0.2, -0.15) is 4.31 Å². The number of nitrogens with zero attached hydrogens (tertiary/aromatic N) is 4. The molecule has 1 aliphatic carbocycles. The molecule has 3 aliphatic rings. The van der Waals surface area contributed by atoms with E-state index in [1.54, 1.807) is 29.2 Å². The summed E-state index contributed by atoms with van der Waals surface area (Å²) in [7, 11) is -4.00. The van der Waals surface area contributed by atoms with E-state index >= 15 is 0 Å². The maximum absolute atomic E-state index is 14.1. The van der Waals surface area contributed by atoms with Crippen LogP contribution in [0.1, 0.15) is 50.5 Å². The fourth-order valence-corrected chi connectivity index (χ4v) is 8.55. The lowest BCUT2D eigenvalue weighted by atomic mass is 9.90. The van der Waals surface area contributed by atoms with Gasteiger partial charge in [0, 0.05) is 50.9 Å². The van der Waals surface area contributed by atoms with Gasteiger partial charge < -0.3 is 20.1 Å². The minimum atomic E-state index is -4.79. The Labute approximate surface area is 291 Å². The second-order valence-electron chi connectivity index (χ2n) is 13.4. The molecule has 1 saturated carbocycles. The highest BCUT2D eigenvalue weighted by molar-refractivity contribution is 7.89. The molecule has 0 bridgehead atoms. The standard InChI is InChI=1S/C36H44F3N5O5S/c37-36(38,39)49-31-12-15-33(41-22-31)28-8-6-26(7-9-28)23-42-20-21-44(34(24-42)35(45)43-18-16-29(40)17-19-43)50(46,47)32-13-10-30(11-14-32)48-25-27-4-2-1-3-5-27/h6-15,22,27,29,34H,1-5,16-21,23-25,40H2. The summed E-state index contributed by atoms with van der Waals surface area (Å²) in [5, 5.41) is 0. The number of amides is 1. The first-order valence-corrected chi connectivity index (χ1v) is 18.7. The molecule has 2 saturated heterocycles. The highest BCUT2D eigenvalue weighted by Crippen LogP contribution is 2.29. The lowest BCUT2D eigenvalue weighted by Crippen LogP contribution is -2.61. The summed E-state index contributed by atoms with van der Waals surface area (Å²) in [5.41, 5.74) is 8.23. The first-order chi connectivity index (χ1) is 23.9. The Morgan fingerprint density at radius 1 is 0.860 bits per heavy atom. The minimum Gasteiger partial charge on any atom is -0.493 e. The fraction of sp³-hybridized carbons (Fsp3) is 0.500. The van der Waals surface area contributed by atoms with E-state index in [1.165, 1.54) is 35.7 Å². The summed E-state index contributed by atoms with van der Waals surface area (Å²) in [4.78, 5) is 22.0. The number of piperidine rings is 1. The van der Waals surface area contributed by atoms with Crippen molar-refractivity contribution in [1.29, 1.82) is 0 Å². The van der Waals surface area contributed by atoms with Gasteiger partial charge in [-0.15, -0.1) is 13.2 Å². The second kappa shape index (κ2) is 15.7. The van der Waals surface area contributed by atoms with Crippen LogP contribution in [0.25, 0.3) is 11.3 Å². The van der Waals surface area contributed by atoms with Crippen molar-refractivity contribution in [3.05, 3.63) is 72.4 Å². The van der Waals surface area contributed by atoms with E-state index in [0.29, 0.717) is 68.6 Å². The maximum Gasteiger partial charge on any atom is 0.573 e. The first-order valence-electron chi connectivity index (χ1n) is 17.3. The summed E-state index contributed by atoms with van der Waals surface area (Å²) in [5.74, 6) is 0.534. The molecule has 14 heteroatoms. The molecule has 2 N–H and O–H groups in total. The molecule has 3 heterocycles. The predicted molar refractivity (Wildman–Crippen MR) is 182 cm³/mol. The fourth-order valence-electron chi connectivity index (χ4n) is 6.98. The summed E-state index contributed by atoms with van der Waals surface area (Å²) < 4.78 is 76.9. The number of pyridine rings is 1. The molecular formula is C36H44F3N5O5S. The van der Waals surface area contributed by atoms with Crippen molar-refractivity contribution < 1.29 is 35.9 Å². The quantitative estimate of drug-likeness (QED) is 0.296.